The van der Waals surface area contributed by atoms with Crippen LogP contribution in [0.2, 0.25) is 0 Å². The molecule has 6 heteroatoms. The van der Waals surface area contributed by atoms with E-state index in [2.05, 4.69) is 33.8 Å². The van der Waals surface area contributed by atoms with Gasteiger partial charge in [0.1, 0.15) is 0 Å². The van der Waals surface area contributed by atoms with Gasteiger partial charge >= 0.3 is 0 Å². The second-order valence-electron chi connectivity index (χ2n) is 6.12. The molecule has 0 atom stereocenters. The number of carbonyl (C=O) groups is 1. The van der Waals surface area contributed by atoms with Crippen LogP contribution < -0.4 is 10.6 Å². The average molecular weight is 346 g/mol. The Bertz CT molecular complexity index is 574. The van der Waals surface area contributed by atoms with E-state index in [1.165, 1.54) is 11.1 Å². The summed E-state index contributed by atoms with van der Waals surface area (Å²) in [5, 5.41) is 6.39. The van der Waals surface area contributed by atoms with Crippen LogP contribution in [-0.2, 0) is 22.5 Å². The predicted octanol–water partition coefficient (Wildman–Crippen LogP) is 1.55. The van der Waals surface area contributed by atoms with Gasteiger partial charge in [-0.3, -0.25) is 9.79 Å². The third kappa shape index (κ3) is 6.38. The lowest BCUT2D eigenvalue weighted by molar-refractivity contribution is -0.132. The number of fused-ring (bicyclic) bond motifs is 1. The minimum atomic E-state index is 0.224. The maximum absolute atomic E-state index is 12.4. The normalized spacial score (nSPS) is 14.2. The number of hydrogen-bond acceptors (Lipinski definition) is 3. The van der Waals surface area contributed by atoms with Gasteiger partial charge < -0.3 is 20.3 Å². The summed E-state index contributed by atoms with van der Waals surface area (Å²) in [6, 6.07) is 8.38. The Hall–Kier alpha value is -2.08. The summed E-state index contributed by atoms with van der Waals surface area (Å²) in [5.74, 6) is 1.00. The predicted molar refractivity (Wildman–Crippen MR) is 101 cm³/mol. The molecule has 0 bridgehead atoms. The quantitative estimate of drug-likeness (QED) is 0.426. The van der Waals surface area contributed by atoms with Gasteiger partial charge in [0.2, 0.25) is 5.91 Å². The Kier molecular flexibility index (Phi) is 8.25. The second-order valence-corrected chi connectivity index (χ2v) is 6.12. The minimum Gasteiger partial charge on any atom is -0.383 e. The number of methoxy groups -OCH3 is 1. The highest BCUT2D eigenvalue weighted by molar-refractivity contribution is 5.80. The summed E-state index contributed by atoms with van der Waals surface area (Å²) in [5.41, 5.74) is 2.64. The van der Waals surface area contributed by atoms with E-state index in [0.717, 1.165) is 38.4 Å². The van der Waals surface area contributed by atoms with E-state index in [-0.39, 0.29) is 5.91 Å². The van der Waals surface area contributed by atoms with Gasteiger partial charge in [-0.2, -0.15) is 0 Å². The Labute approximate surface area is 150 Å². The lowest BCUT2D eigenvalue weighted by atomic mass is 9.99. The summed E-state index contributed by atoms with van der Waals surface area (Å²) in [7, 11) is 1.68. The summed E-state index contributed by atoms with van der Waals surface area (Å²) in [6.07, 6.45) is 2.26. The van der Waals surface area contributed by atoms with Gasteiger partial charge in [0.15, 0.2) is 5.96 Å². The van der Waals surface area contributed by atoms with E-state index in [0.29, 0.717) is 26.1 Å². The number of benzene rings is 1. The van der Waals surface area contributed by atoms with Crippen molar-refractivity contribution in [1.29, 1.82) is 0 Å². The van der Waals surface area contributed by atoms with E-state index < -0.39 is 0 Å². The monoisotopic (exact) mass is 346 g/mol. The van der Waals surface area contributed by atoms with Gasteiger partial charge in [-0.15, -0.1) is 0 Å². The molecule has 0 spiro atoms. The number of hydrogen-bond donors (Lipinski definition) is 2. The van der Waals surface area contributed by atoms with Gasteiger partial charge in [0, 0.05) is 46.3 Å². The van der Waals surface area contributed by atoms with E-state index in [9.17, 15) is 4.79 Å². The van der Waals surface area contributed by atoms with Crippen LogP contribution in [0.5, 0.6) is 0 Å². The van der Waals surface area contributed by atoms with Crippen LogP contribution in [0, 0.1) is 0 Å². The first-order valence-corrected chi connectivity index (χ1v) is 9.10. The number of carbonyl (C=O) groups excluding carboxylic acids is 1. The van der Waals surface area contributed by atoms with Crippen LogP contribution in [0.25, 0.3) is 0 Å². The van der Waals surface area contributed by atoms with Crippen molar-refractivity contribution < 1.29 is 9.53 Å². The first kappa shape index (κ1) is 19.2. The maximum Gasteiger partial charge on any atom is 0.222 e. The first-order chi connectivity index (χ1) is 12.2. The molecule has 1 aromatic rings. The van der Waals surface area contributed by atoms with E-state index in [1.54, 1.807) is 7.11 Å². The molecule has 1 aromatic carbocycles. The van der Waals surface area contributed by atoms with Gasteiger partial charge in [-0.25, -0.2) is 0 Å². The van der Waals surface area contributed by atoms with Crippen LogP contribution in [0.4, 0.5) is 0 Å². The number of nitrogens with zero attached hydrogens (tertiary/aromatic N) is 2. The molecule has 0 saturated heterocycles. The lowest BCUT2D eigenvalue weighted by Gasteiger charge is -2.28. The third-order valence-electron chi connectivity index (χ3n) is 4.24. The molecule has 0 radical (unpaired) electrons. The number of rotatable bonds is 8. The highest BCUT2D eigenvalue weighted by atomic mass is 16.5. The fraction of sp³-hybridized carbons (Fsp3) is 0.579. The number of ether oxygens (including phenoxy) is 1. The number of guanidine groups is 1. The fourth-order valence-electron chi connectivity index (χ4n) is 2.90. The summed E-state index contributed by atoms with van der Waals surface area (Å²) in [6.45, 7) is 6.39. The molecule has 0 aromatic heterocycles. The molecule has 2 N–H and O–H groups in total. The number of nitrogens with one attached hydrogen (secondary N) is 2. The van der Waals surface area contributed by atoms with Gasteiger partial charge in [0.05, 0.1) is 6.61 Å². The Balaban J connectivity index is 1.73. The standard InChI is InChI=1S/C19H30N4O2/c1-3-20-19(22-12-14-25-2)21-11-6-9-18(24)23-13-10-16-7-4-5-8-17(16)15-23/h4-5,7-8H,3,6,9-15H2,1-2H3,(H2,20,21,22). The highest BCUT2D eigenvalue weighted by Crippen LogP contribution is 2.19. The zero-order valence-electron chi connectivity index (χ0n) is 15.4. The molecule has 0 aliphatic carbocycles. The summed E-state index contributed by atoms with van der Waals surface area (Å²) < 4.78 is 5.02. The molecule has 1 aliphatic rings. The van der Waals surface area contributed by atoms with Crippen molar-refractivity contribution >= 4 is 11.9 Å². The summed E-state index contributed by atoms with van der Waals surface area (Å²) >= 11 is 0. The largest absolute Gasteiger partial charge is 0.383 e. The molecule has 1 aliphatic heterocycles. The van der Waals surface area contributed by atoms with Crippen LogP contribution in [0.15, 0.2) is 29.3 Å². The molecule has 6 nitrogen and oxygen atoms in total. The Morgan fingerprint density at radius 1 is 1.28 bits per heavy atom. The molecule has 2 rings (SSSR count). The molecule has 138 valence electrons. The smallest absolute Gasteiger partial charge is 0.222 e. The molecule has 0 unspecified atom stereocenters. The number of amides is 1. The Morgan fingerprint density at radius 3 is 2.84 bits per heavy atom. The molecule has 1 heterocycles. The average Bonchev–Trinajstić information content (AvgIpc) is 2.64. The molecule has 1 amide bonds. The molecule has 25 heavy (non-hydrogen) atoms. The maximum atomic E-state index is 12.4. The van der Waals surface area contributed by atoms with E-state index in [4.69, 9.17) is 4.74 Å². The topological polar surface area (TPSA) is 66.0 Å². The summed E-state index contributed by atoms with van der Waals surface area (Å²) in [4.78, 5) is 18.9. The molecular formula is C19H30N4O2. The van der Waals surface area contributed by atoms with Crippen molar-refractivity contribution in [1.82, 2.24) is 15.5 Å². The Morgan fingerprint density at radius 2 is 2.08 bits per heavy atom. The SMILES string of the molecule is CCNC(=NCCCC(=O)N1CCc2ccccc2C1)NCCOC. The van der Waals surface area contributed by atoms with E-state index >= 15 is 0 Å². The highest BCUT2D eigenvalue weighted by Gasteiger charge is 2.19. The van der Waals surface area contributed by atoms with Gasteiger partial charge in [0.25, 0.3) is 0 Å². The zero-order valence-corrected chi connectivity index (χ0v) is 15.4. The molecule has 0 fully saturated rings. The molecule has 0 saturated carbocycles. The third-order valence-corrected chi connectivity index (χ3v) is 4.24. The van der Waals surface area contributed by atoms with Crippen LogP contribution in [0.1, 0.15) is 30.9 Å². The number of aliphatic imine (C=N–C) groups is 1. The van der Waals surface area contributed by atoms with Crippen molar-refractivity contribution in [3.63, 3.8) is 0 Å². The van der Waals surface area contributed by atoms with Gasteiger partial charge in [-0.1, -0.05) is 24.3 Å². The first-order valence-electron chi connectivity index (χ1n) is 9.10. The zero-order chi connectivity index (χ0) is 17.9. The van der Waals surface area contributed by atoms with Crippen molar-refractivity contribution in [3.8, 4) is 0 Å². The van der Waals surface area contributed by atoms with Crippen LogP contribution in [-0.4, -0.2) is 56.7 Å². The van der Waals surface area contributed by atoms with Crippen molar-refractivity contribution in [2.45, 2.75) is 32.7 Å². The van der Waals surface area contributed by atoms with E-state index in [1.807, 2.05) is 17.9 Å². The van der Waals surface area contributed by atoms with Crippen molar-refractivity contribution in [3.05, 3.63) is 35.4 Å². The minimum absolute atomic E-state index is 0.224. The molecular weight excluding hydrogens is 316 g/mol. The lowest BCUT2D eigenvalue weighted by Crippen LogP contribution is -2.39. The van der Waals surface area contributed by atoms with Crippen LogP contribution in [0.3, 0.4) is 0 Å². The van der Waals surface area contributed by atoms with Gasteiger partial charge in [-0.05, 0) is 30.9 Å². The fourth-order valence-corrected chi connectivity index (χ4v) is 2.90. The van der Waals surface area contributed by atoms with Crippen molar-refractivity contribution in [2.24, 2.45) is 4.99 Å². The van der Waals surface area contributed by atoms with Crippen LogP contribution >= 0.6 is 0 Å². The second kappa shape index (κ2) is 10.7. The van der Waals surface area contributed by atoms with Crippen molar-refractivity contribution in [2.75, 3.05) is 39.9 Å².